The van der Waals surface area contributed by atoms with Crippen LogP contribution in [0.25, 0.3) is 0 Å². The first kappa shape index (κ1) is 10.9. The second-order valence-electron chi connectivity index (χ2n) is 4.48. The second-order valence-corrected chi connectivity index (χ2v) is 4.48. The molecular weight excluding hydrogens is 194 g/mol. The van der Waals surface area contributed by atoms with Crippen molar-refractivity contribution in [3.8, 4) is 0 Å². The lowest BCUT2D eigenvalue weighted by Crippen LogP contribution is -2.44. The molecule has 2 aliphatic rings. The van der Waals surface area contributed by atoms with Gasteiger partial charge in [0.1, 0.15) is 6.04 Å². The second kappa shape index (κ2) is 4.94. The van der Waals surface area contributed by atoms with Gasteiger partial charge in [0.05, 0.1) is 13.7 Å². The van der Waals surface area contributed by atoms with Crippen LogP contribution in [0.2, 0.25) is 0 Å². The van der Waals surface area contributed by atoms with Crippen molar-refractivity contribution >= 4 is 5.97 Å². The molecule has 1 saturated carbocycles. The van der Waals surface area contributed by atoms with Crippen molar-refractivity contribution in [2.24, 2.45) is 11.8 Å². The van der Waals surface area contributed by atoms with E-state index in [9.17, 15) is 4.79 Å². The Bertz CT molecular complexity index is 222. The maximum Gasteiger partial charge on any atom is 0.323 e. The van der Waals surface area contributed by atoms with Gasteiger partial charge in [-0.15, -0.1) is 0 Å². The highest BCUT2D eigenvalue weighted by Gasteiger charge is 2.33. The van der Waals surface area contributed by atoms with Crippen LogP contribution in [0, 0.1) is 11.8 Å². The fraction of sp³-hybridized carbons (Fsp3) is 0.909. The van der Waals surface area contributed by atoms with E-state index < -0.39 is 0 Å². The van der Waals surface area contributed by atoms with Crippen molar-refractivity contribution in [1.82, 2.24) is 5.32 Å². The molecule has 0 bridgehead atoms. The van der Waals surface area contributed by atoms with E-state index >= 15 is 0 Å². The summed E-state index contributed by atoms with van der Waals surface area (Å²) < 4.78 is 10.1. The summed E-state index contributed by atoms with van der Waals surface area (Å²) in [6, 6.07) is -0.168. The lowest BCUT2D eigenvalue weighted by molar-refractivity contribution is -0.144. The maximum absolute atomic E-state index is 11.6. The van der Waals surface area contributed by atoms with E-state index in [-0.39, 0.29) is 17.9 Å². The average Bonchev–Trinajstić information content (AvgIpc) is 2.92. The van der Waals surface area contributed by atoms with Gasteiger partial charge in [0, 0.05) is 12.5 Å². The van der Waals surface area contributed by atoms with E-state index in [4.69, 9.17) is 9.47 Å². The molecule has 1 heterocycles. The van der Waals surface area contributed by atoms with Crippen molar-refractivity contribution in [2.45, 2.75) is 25.3 Å². The van der Waals surface area contributed by atoms with Crippen LogP contribution >= 0.6 is 0 Å². The number of esters is 1. The van der Waals surface area contributed by atoms with Gasteiger partial charge in [0.2, 0.25) is 0 Å². The van der Waals surface area contributed by atoms with Crippen LogP contribution in [-0.4, -0.2) is 38.9 Å². The number of rotatable bonds is 5. The third-order valence-electron chi connectivity index (χ3n) is 3.21. The van der Waals surface area contributed by atoms with E-state index in [1.54, 1.807) is 0 Å². The molecule has 0 aromatic carbocycles. The Labute approximate surface area is 90.3 Å². The predicted octanol–water partition coefficient (Wildman–Crippen LogP) is 0.564. The highest BCUT2D eigenvalue weighted by Crippen LogP contribution is 2.28. The molecule has 86 valence electrons. The summed E-state index contributed by atoms with van der Waals surface area (Å²) in [5.74, 6) is 0.918. The van der Waals surface area contributed by atoms with Crippen LogP contribution in [0.1, 0.15) is 19.3 Å². The van der Waals surface area contributed by atoms with Gasteiger partial charge in [-0.1, -0.05) is 0 Å². The van der Waals surface area contributed by atoms with Gasteiger partial charge in [-0.05, 0) is 31.7 Å². The minimum absolute atomic E-state index is 0.147. The van der Waals surface area contributed by atoms with Crippen molar-refractivity contribution in [3.63, 3.8) is 0 Å². The van der Waals surface area contributed by atoms with E-state index in [1.807, 2.05) is 0 Å². The molecular formula is C11H19NO3. The lowest BCUT2D eigenvalue weighted by Gasteiger charge is -2.21. The fourth-order valence-corrected chi connectivity index (χ4v) is 2.00. The normalized spacial score (nSPS) is 27.7. The molecule has 0 aromatic rings. The number of nitrogens with one attached hydrogen (secondary N) is 1. The number of hydrogen-bond acceptors (Lipinski definition) is 4. The summed E-state index contributed by atoms with van der Waals surface area (Å²) in [6.07, 6.45) is 3.54. The standard InChI is InChI=1S/C11H19NO3/c1-14-11(13)10(9-4-5-15-7-9)12-6-8-2-3-8/h8-10,12H,2-7H2,1H3. The van der Waals surface area contributed by atoms with Gasteiger partial charge in [-0.3, -0.25) is 4.79 Å². The van der Waals surface area contributed by atoms with E-state index in [2.05, 4.69) is 5.32 Å². The summed E-state index contributed by atoms with van der Waals surface area (Å²) >= 11 is 0. The highest BCUT2D eigenvalue weighted by atomic mass is 16.5. The molecule has 2 atom stereocenters. The fourth-order valence-electron chi connectivity index (χ4n) is 2.00. The summed E-state index contributed by atoms with van der Waals surface area (Å²) in [5.41, 5.74) is 0. The molecule has 0 amide bonds. The summed E-state index contributed by atoms with van der Waals surface area (Å²) in [7, 11) is 1.45. The SMILES string of the molecule is COC(=O)C(NCC1CC1)C1CCOC1. The molecule has 0 aromatic heterocycles. The number of ether oxygens (including phenoxy) is 2. The molecule has 2 unspecified atom stereocenters. The Balaban J connectivity index is 1.84. The molecule has 1 aliphatic heterocycles. The van der Waals surface area contributed by atoms with Gasteiger partial charge in [0.15, 0.2) is 0 Å². The molecule has 0 radical (unpaired) electrons. The average molecular weight is 213 g/mol. The van der Waals surface area contributed by atoms with Crippen molar-refractivity contribution < 1.29 is 14.3 Å². The van der Waals surface area contributed by atoms with E-state index in [0.29, 0.717) is 6.61 Å². The van der Waals surface area contributed by atoms with Crippen LogP contribution in [0.4, 0.5) is 0 Å². The molecule has 2 fully saturated rings. The first-order valence-corrected chi connectivity index (χ1v) is 5.70. The Morgan fingerprint density at radius 3 is 2.87 bits per heavy atom. The zero-order valence-corrected chi connectivity index (χ0v) is 9.20. The van der Waals surface area contributed by atoms with Crippen LogP contribution < -0.4 is 5.32 Å². The number of carbonyl (C=O) groups excluding carboxylic acids is 1. The monoisotopic (exact) mass is 213 g/mol. The molecule has 0 spiro atoms. The van der Waals surface area contributed by atoms with Gasteiger partial charge < -0.3 is 14.8 Å². The molecule has 1 N–H and O–H groups in total. The summed E-state index contributed by atoms with van der Waals surface area (Å²) in [6.45, 7) is 2.39. The topological polar surface area (TPSA) is 47.6 Å². The zero-order valence-electron chi connectivity index (χ0n) is 9.20. The van der Waals surface area contributed by atoms with Crippen LogP contribution in [0.3, 0.4) is 0 Å². The quantitative estimate of drug-likeness (QED) is 0.678. The third kappa shape index (κ3) is 2.92. The lowest BCUT2D eigenvalue weighted by atomic mass is 9.99. The number of hydrogen-bond donors (Lipinski definition) is 1. The Hall–Kier alpha value is -0.610. The largest absolute Gasteiger partial charge is 0.468 e. The zero-order chi connectivity index (χ0) is 10.7. The molecule has 4 heteroatoms. The molecule has 1 aliphatic carbocycles. The van der Waals surface area contributed by atoms with E-state index in [0.717, 1.165) is 25.5 Å². The first-order chi connectivity index (χ1) is 7.31. The van der Waals surface area contributed by atoms with Gasteiger partial charge >= 0.3 is 5.97 Å². The van der Waals surface area contributed by atoms with Gasteiger partial charge in [-0.25, -0.2) is 0 Å². The van der Waals surface area contributed by atoms with Crippen molar-refractivity contribution in [2.75, 3.05) is 26.9 Å². The first-order valence-electron chi connectivity index (χ1n) is 5.70. The summed E-state index contributed by atoms with van der Waals surface area (Å²) in [5, 5.41) is 3.32. The highest BCUT2D eigenvalue weighted by molar-refractivity contribution is 5.76. The molecule has 15 heavy (non-hydrogen) atoms. The van der Waals surface area contributed by atoms with Gasteiger partial charge in [0.25, 0.3) is 0 Å². The van der Waals surface area contributed by atoms with Crippen molar-refractivity contribution in [3.05, 3.63) is 0 Å². The van der Waals surface area contributed by atoms with E-state index in [1.165, 1.54) is 20.0 Å². The predicted molar refractivity (Wildman–Crippen MR) is 55.5 cm³/mol. The Morgan fingerprint density at radius 2 is 2.33 bits per heavy atom. The number of methoxy groups -OCH3 is 1. The third-order valence-corrected chi connectivity index (χ3v) is 3.21. The minimum Gasteiger partial charge on any atom is -0.468 e. The summed E-state index contributed by atoms with van der Waals surface area (Å²) in [4.78, 5) is 11.6. The minimum atomic E-state index is -0.168. The van der Waals surface area contributed by atoms with Crippen molar-refractivity contribution in [1.29, 1.82) is 0 Å². The molecule has 4 nitrogen and oxygen atoms in total. The Morgan fingerprint density at radius 1 is 1.53 bits per heavy atom. The maximum atomic E-state index is 11.6. The molecule has 1 saturated heterocycles. The van der Waals surface area contributed by atoms with Crippen LogP contribution in [0.5, 0.6) is 0 Å². The van der Waals surface area contributed by atoms with Crippen LogP contribution in [0.15, 0.2) is 0 Å². The van der Waals surface area contributed by atoms with Crippen LogP contribution in [-0.2, 0) is 14.3 Å². The number of carbonyl (C=O) groups is 1. The Kier molecular flexibility index (Phi) is 3.59. The van der Waals surface area contributed by atoms with Gasteiger partial charge in [-0.2, -0.15) is 0 Å². The molecule has 2 rings (SSSR count). The smallest absolute Gasteiger partial charge is 0.323 e.